The fourth-order valence-electron chi connectivity index (χ4n) is 2.61. The van der Waals surface area contributed by atoms with Crippen molar-refractivity contribution < 1.29 is 17.9 Å². The van der Waals surface area contributed by atoms with Gasteiger partial charge in [0.05, 0.1) is 6.61 Å². The zero-order valence-corrected chi connectivity index (χ0v) is 16.9. The maximum Gasteiger partial charge on any atom is 0.421 e. The number of nitrogens with one attached hydrogen (secondary N) is 2. The number of anilines is 4. The van der Waals surface area contributed by atoms with Gasteiger partial charge < -0.3 is 15.4 Å². The molecule has 3 aromatic rings. The predicted octanol–water partition coefficient (Wildman–Crippen LogP) is 6.33. The molecule has 3 rings (SSSR count). The largest absolute Gasteiger partial charge is 0.493 e. The fourth-order valence-corrected chi connectivity index (χ4v) is 2.61. The molecule has 5 nitrogen and oxygen atoms in total. The molecule has 0 aliphatic carbocycles. The van der Waals surface area contributed by atoms with Crippen LogP contribution in [-0.2, 0) is 6.18 Å². The third-order valence-corrected chi connectivity index (χ3v) is 4.19. The van der Waals surface area contributed by atoms with E-state index in [1.165, 1.54) is 0 Å². The molecule has 0 aliphatic rings. The fraction of sp³-hybridized carbons (Fsp3) is 0.273. The van der Waals surface area contributed by atoms with E-state index >= 15 is 0 Å². The van der Waals surface area contributed by atoms with E-state index in [4.69, 9.17) is 4.74 Å². The van der Waals surface area contributed by atoms with E-state index in [-0.39, 0.29) is 11.8 Å². The van der Waals surface area contributed by atoms with Crippen LogP contribution >= 0.6 is 0 Å². The number of halogens is 3. The number of aryl methyl sites for hydroxylation is 1. The highest BCUT2D eigenvalue weighted by Gasteiger charge is 2.35. The average molecular weight is 416 g/mol. The molecule has 0 amide bonds. The second kappa shape index (κ2) is 9.02. The van der Waals surface area contributed by atoms with Crippen LogP contribution in [0.1, 0.15) is 25.0 Å². The van der Waals surface area contributed by atoms with Gasteiger partial charge in [-0.05, 0) is 48.7 Å². The molecule has 1 aromatic heterocycles. The van der Waals surface area contributed by atoms with Crippen LogP contribution in [0.25, 0.3) is 0 Å². The molecule has 0 bridgehead atoms. The monoisotopic (exact) mass is 416 g/mol. The third kappa shape index (κ3) is 5.62. The predicted molar refractivity (Wildman–Crippen MR) is 112 cm³/mol. The molecule has 0 spiro atoms. The van der Waals surface area contributed by atoms with Crippen molar-refractivity contribution in [1.82, 2.24) is 9.97 Å². The van der Waals surface area contributed by atoms with Crippen LogP contribution in [0.3, 0.4) is 0 Å². The second-order valence-electron chi connectivity index (χ2n) is 7.25. The lowest BCUT2D eigenvalue weighted by Crippen LogP contribution is -2.12. The number of rotatable bonds is 7. The Kier molecular flexibility index (Phi) is 6.44. The summed E-state index contributed by atoms with van der Waals surface area (Å²) in [7, 11) is 0. The van der Waals surface area contributed by atoms with Crippen molar-refractivity contribution in [3.8, 4) is 5.75 Å². The molecule has 0 aliphatic heterocycles. The van der Waals surface area contributed by atoms with E-state index in [2.05, 4.69) is 20.6 Å². The molecule has 2 aromatic carbocycles. The molecule has 0 unspecified atom stereocenters. The van der Waals surface area contributed by atoms with Crippen molar-refractivity contribution in [2.75, 3.05) is 17.2 Å². The summed E-state index contributed by atoms with van der Waals surface area (Å²) in [6.07, 6.45) is -3.82. The molecule has 0 atom stereocenters. The van der Waals surface area contributed by atoms with Crippen molar-refractivity contribution in [2.24, 2.45) is 5.92 Å². The van der Waals surface area contributed by atoms with E-state index in [0.29, 0.717) is 24.0 Å². The van der Waals surface area contributed by atoms with Gasteiger partial charge in [0.15, 0.2) is 0 Å². The zero-order valence-electron chi connectivity index (χ0n) is 16.9. The van der Waals surface area contributed by atoms with Crippen LogP contribution in [0, 0.1) is 12.8 Å². The molecule has 158 valence electrons. The van der Waals surface area contributed by atoms with Gasteiger partial charge in [-0.1, -0.05) is 32.0 Å². The first-order valence-electron chi connectivity index (χ1n) is 9.49. The molecule has 0 saturated heterocycles. The highest BCUT2D eigenvalue weighted by Crippen LogP contribution is 2.35. The second-order valence-corrected chi connectivity index (χ2v) is 7.25. The Hall–Kier alpha value is -3.29. The number of alkyl halides is 3. The SMILES string of the molecule is Cc1ccccc1Nc1ncc(C(F)(F)F)c(Nc2ccc(OCC(C)C)cc2)n1. The number of hydrogen-bond acceptors (Lipinski definition) is 5. The van der Waals surface area contributed by atoms with E-state index in [0.717, 1.165) is 17.4 Å². The summed E-state index contributed by atoms with van der Waals surface area (Å²) < 4.78 is 46.0. The van der Waals surface area contributed by atoms with Crippen LogP contribution in [0.5, 0.6) is 5.75 Å². The van der Waals surface area contributed by atoms with Gasteiger partial charge in [-0.2, -0.15) is 18.2 Å². The maximum absolute atomic E-state index is 13.5. The van der Waals surface area contributed by atoms with Crippen LogP contribution in [0.2, 0.25) is 0 Å². The van der Waals surface area contributed by atoms with Gasteiger partial charge in [0.1, 0.15) is 17.1 Å². The molecule has 0 fully saturated rings. The maximum atomic E-state index is 13.5. The zero-order chi connectivity index (χ0) is 21.7. The summed E-state index contributed by atoms with van der Waals surface area (Å²) in [5.41, 5.74) is 1.15. The summed E-state index contributed by atoms with van der Waals surface area (Å²) in [4.78, 5) is 7.90. The summed E-state index contributed by atoms with van der Waals surface area (Å²) >= 11 is 0. The Morgan fingerprint density at radius 1 is 1.00 bits per heavy atom. The number of aromatic nitrogens is 2. The molecule has 8 heteroatoms. The highest BCUT2D eigenvalue weighted by atomic mass is 19.4. The van der Waals surface area contributed by atoms with Gasteiger partial charge in [0.2, 0.25) is 5.95 Å². The molecule has 2 N–H and O–H groups in total. The summed E-state index contributed by atoms with van der Waals surface area (Å²) in [6, 6.07) is 14.1. The van der Waals surface area contributed by atoms with Gasteiger partial charge >= 0.3 is 6.18 Å². The first-order chi connectivity index (χ1) is 14.2. The van der Waals surface area contributed by atoms with Crippen LogP contribution in [0.15, 0.2) is 54.7 Å². The van der Waals surface area contributed by atoms with Crippen LogP contribution in [0.4, 0.5) is 36.3 Å². The number of benzene rings is 2. The standard InChI is InChI=1S/C22H23F3N4O/c1-14(2)13-30-17-10-8-16(9-11-17)27-20-18(22(23,24)25)12-26-21(29-20)28-19-7-5-4-6-15(19)3/h4-12,14H,13H2,1-3H3,(H2,26,27,28,29). The Morgan fingerprint density at radius 3 is 2.33 bits per heavy atom. The molecular weight excluding hydrogens is 393 g/mol. The lowest BCUT2D eigenvalue weighted by Gasteiger charge is -2.16. The smallest absolute Gasteiger partial charge is 0.421 e. The lowest BCUT2D eigenvalue weighted by atomic mass is 10.2. The minimum Gasteiger partial charge on any atom is -0.493 e. The van der Waals surface area contributed by atoms with Gasteiger partial charge in [-0.25, -0.2) is 4.98 Å². The summed E-state index contributed by atoms with van der Waals surface area (Å²) in [5.74, 6) is 0.758. The molecule has 30 heavy (non-hydrogen) atoms. The minimum atomic E-state index is -4.59. The number of para-hydroxylation sites is 1. The Bertz CT molecular complexity index is 988. The number of nitrogens with zero attached hydrogens (tertiary/aromatic N) is 2. The van der Waals surface area contributed by atoms with Crippen LogP contribution in [-0.4, -0.2) is 16.6 Å². The summed E-state index contributed by atoms with van der Waals surface area (Å²) in [5, 5.41) is 5.71. The van der Waals surface area contributed by atoms with Crippen molar-refractivity contribution in [3.05, 3.63) is 65.9 Å². The van der Waals surface area contributed by atoms with Crippen LogP contribution < -0.4 is 15.4 Å². The van der Waals surface area contributed by atoms with Crippen molar-refractivity contribution in [3.63, 3.8) is 0 Å². The van der Waals surface area contributed by atoms with Gasteiger partial charge in [-0.3, -0.25) is 0 Å². The van der Waals surface area contributed by atoms with Crippen molar-refractivity contribution >= 4 is 23.1 Å². The van der Waals surface area contributed by atoms with Gasteiger partial charge in [0, 0.05) is 17.6 Å². The van der Waals surface area contributed by atoms with E-state index < -0.39 is 11.7 Å². The topological polar surface area (TPSA) is 59.1 Å². The quantitative estimate of drug-likeness (QED) is 0.472. The lowest BCUT2D eigenvalue weighted by molar-refractivity contribution is -0.137. The van der Waals surface area contributed by atoms with Crippen molar-refractivity contribution in [2.45, 2.75) is 26.9 Å². The minimum absolute atomic E-state index is 0.0664. The van der Waals surface area contributed by atoms with E-state index in [1.54, 1.807) is 30.3 Å². The van der Waals surface area contributed by atoms with E-state index in [9.17, 15) is 13.2 Å². The van der Waals surface area contributed by atoms with E-state index in [1.807, 2.05) is 39.0 Å². The Labute approximate surface area is 173 Å². The first-order valence-corrected chi connectivity index (χ1v) is 9.49. The molecular formula is C22H23F3N4O. The van der Waals surface area contributed by atoms with Gasteiger partial charge in [0.25, 0.3) is 0 Å². The molecule has 0 saturated carbocycles. The Morgan fingerprint density at radius 2 is 1.70 bits per heavy atom. The Balaban J connectivity index is 1.85. The summed E-state index contributed by atoms with van der Waals surface area (Å²) in [6.45, 7) is 6.51. The molecule has 0 radical (unpaired) electrons. The normalized spacial score (nSPS) is 11.4. The third-order valence-electron chi connectivity index (χ3n) is 4.19. The average Bonchev–Trinajstić information content (AvgIpc) is 2.68. The molecule has 1 heterocycles. The first kappa shape index (κ1) is 21.4. The van der Waals surface area contributed by atoms with Crippen molar-refractivity contribution in [1.29, 1.82) is 0 Å². The number of ether oxygens (including phenoxy) is 1. The number of hydrogen-bond donors (Lipinski definition) is 2. The highest BCUT2D eigenvalue weighted by molar-refractivity contribution is 5.64. The van der Waals surface area contributed by atoms with Gasteiger partial charge in [-0.15, -0.1) is 0 Å².